The lowest BCUT2D eigenvalue weighted by atomic mass is 10.1. The highest BCUT2D eigenvalue weighted by Crippen LogP contribution is 2.05. The lowest BCUT2D eigenvalue weighted by Gasteiger charge is -2.07. The number of amides is 3. The molecule has 1 aromatic rings. The number of carbonyl (C=O) groups is 3. The van der Waals surface area contributed by atoms with Gasteiger partial charge in [-0.05, 0) is 18.6 Å². The lowest BCUT2D eigenvalue weighted by molar-refractivity contribution is -0.137. The molecule has 1 rings (SSSR count). The van der Waals surface area contributed by atoms with Gasteiger partial charge in [-0.3, -0.25) is 25.2 Å². The van der Waals surface area contributed by atoms with E-state index >= 15 is 0 Å². The smallest absolute Gasteiger partial charge is 0.327 e. The third-order valence-corrected chi connectivity index (χ3v) is 1.90. The van der Waals surface area contributed by atoms with Crippen molar-refractivity contribution in [3.8, 4) is 0 Å². The fraction of sp³-hybridized carbons (Fsp3) is 0.100. The molecule has 0 heterocycles. The van der Waals surface area contributed by atoms with Crippen LogP contribution in [0.5, 0.6) is 0 Å². The van der Waals surface area contributed by atoms with E-state index in [4.69, 9.17) is 0 Å². The van der Waals surface area contributed by atoms with Crippen LogP contribution in [0, 0.1) is 6.92 Å². The summed E-state index contributed by atoms with van der Waals surface area (Å²) in [6.07, 6.45) is 0. The zero-order valence-electron chi connectivity index (χ0n) is 8.61. The summed E-state index contributed by atoms with van der Waals surface area (Å²) < 4.78 is 0. The minimum atomic E-state index is -1.16. The second kappa shape index (κ2) is 4.92. The van der Waals surface area contributed by atoms with Crippen molar-refractivity contribution in [2.45, 2.75) is 6.92 Å². The molecule has 0 saturated carbocycles. The number of nitrogens with one attached hydrogen (secondary N) is 2. The van der Waals surface area contributed by atoms with Crippen molar-refractivity contribution in [1.82, 2.24) is 10.9 Å². The molecule has 0 radical (unpaired) electrons. The van der Waals surface area contributed by atoms with Crippen LogP contribution < -0.4 is 16.6 Å². The number of primary amides is 1. The normalized spacial score (nSPS) is 9.31. The molecule has 16 heavy (non-hydrogen) atoms. The van der Waals surface area contributed by atoms with Gasteiger partial charge in [0.1, 0.15) is 0 Å². The first-order valence-electron chi connectivity index (χ1n) is 4.48. The molecule has 4 N–H and O–H groups in total. The first kappa shape index (κ1) is 11.7. The standard InChI is InChI=1S/C10H11N3O3/c1-6-4-2-3-5-7(6)9(15)12-13-10(16)8(11)14/h2-5H,1H3,(H2,11,14)(H,12,15)(H,13,16). The van der Waals surface area contributed by atoms with Crippen LogP contribution >= 0.6 is 0 Å². The first-order chi connectivity index (χ1) is 7.52. The Labute approximate surface area is 91.8 Å². The van der Waals surface area contributed by atoms with Crippen LogP contribution in [0.1, 0.15) is 15.9 Å². The molecule has 0 aliphatic heterocycles. The molecule has 0 aromatic heterocycles. The fourth-order valence-corrected chi connectivity index (χ4v) is 1.07. The summed E-state index contributed by atoms with van der Waals surface area (Å²) >= 11 is 0. The van der Waals surface area contributed by atoms with Gasteiger partial charge in [0.2, 0.25) is 0 Å². The van der Waals surface area contributed by atoms with Crippen molar-refractivity contribution in [1.29, 1.82) is 0 Å². The Morgan fingerprint density at radius 1 is 1.12 bits per heavy atom. The Kier molecular flexibility index (Phi) is 3.60. The molecule has 0 atom stereocenters. The monoisotopic (exact) mass is 221 g/mol. The van der Waals surface area contributed by atoms with E-state index in [0.29, 0.717) is 5.56 Å². The highest BCUT2D eigenvalue weighted by molar-refractivity contribution is 6.34. The number of aryl methyl sites for hydroxylation is 1. The van der Waals surface area contributed by atoms with Gasteiger partial charge < -0.3 is 5.73 Å². The van der Waals surface area contributed by atoms with Gasteiger partial charge in [-0.15, -0.1) is 0 Å². The summed E-state index contributed by atoms with van der Waals surface area (Å²) in [5, 5.41) is 0. The van der Waals surface area contributed by atoms with E-state index in [1.165, 1.54) is 0 Å². The Morgan fingerprint density at radius 2 is 1.75 bits per heavy atom. The zero-order chi connectivity index (χ0) is 12.1. The summed E-state index contributed by atoms with van der Waals surface area (Å²) in [6.45, 7) is 1.75. The van der Waals surface area contributed by atoms with E-state index in [1.807, 2.05) is 5.43 Å². The van der Waals surface area contributed by atoms with Gasteiger partial charge in [-0.2, -0.15) is 0 Å². The van der Waals surface area contributed by atoms with E-state index < -0.39 is 17.7 Å². The maximum Gasteiger partial charge on any atom is 0.327 e. The van der Waals surface area contributed by atoms with Crippen molar-refractivity contribution in [3.63, 3.8) is 0 Å². The summed E-state index contributed by atoms with van der Waals surface area (Å²) in [5.74, 6) is -2.74. The topological polar surface area (TPSA) is 101 Å². The van der Waals surface area contributed by atoms with Gasteiger partial charge >= 0.3 is 11.8 Å². The van der Waals surface area contributed by atoms with Gasteiger partial charge in [-0.25, -0.2) is 0 Å². The van der Waals surface area contributed by atoms with Gasteiger partial charge in [0.25, 0.3) is 5.91 Å². The molecule has 3 amide bonds. The summed E-state index contributed by atoms with van der Waals surface area (Å²) in [6, 6.07) is 6.83. The summed E-state index contributed by atoms with van der Waals surface area (Å²) in [5.41, 5.74) is 9.83. The Bertz CT molecular complexity index is 443. The number of hydrazine groups is 1. The largest absolute Gasteiger partial charge is 0.361 e. The molecule has 0 fully saturated rings. The molecule has 0 spiro atoms. The predicted octanol–water partition coefficient (Wildman–Crippen LogP) is -0.759. The van der Waals surface area contributed by atoms with Crippen LogP contribution in [0.2, 0.25) is 0 Å². The second-order valence-corrected chi connectivity index (χ2v) is 3.09. The molecule has 0 unspecified atom stereocenters. The third kappa shape index (κ3) is 2.81. The van der Waals surface area contributed by atoms with E-state index in [2.05, 4.69) is 11.2 Å². The molecule has 6 nitrogen and oxygen atoms in total. The van der Waals surface area contributed by atoms with Gasteiger partial charge in [0.15, 0.2) is 0 Å². The Hall–Kier alpha value is -2.37. The molecule has 0 saturated heterocycles. The van der Waals surface area contributed by atoms with Gasteiger partial charge in [0.05, 0.1) is 0 Å². The van der Waals surface area contributed by atoms with Gasteiger partial charge in [0, 0.05) is 5.56 Å². The molecule has 84 valence electrons. The number of carbonyl (C=O) groups excluding carboxylic acids is 3. The van der Waals surface area contributed by atoms with E-state index in [0.717, 1.165) is 5.56 Å². The molecular formula is C10H11N3O3. The van der Waals surface area contributed by atoms with E-state index in [9.17, 15) is 14.4 Å². The van der Waals surface area contributed by atoms with Crippen LogP contribution in [0.25, 0.3) is 0 Å². The molecule has 0 aliphatic carbocycles. The SMILES string of the molecule is Cc1ccccc1C(=O)NNC(=O)C(N)=O. The van der Waals surface area contributed by atoms with Gasteiger partial charge in [-0.1, -0.05) is 18.2 Å². The van der Waals surface area contributed by atoms with Crippen molar-refractivity contribution in [2.75, 3.05) is 0 Å². The average Bonchev–Trinajstić information content (AvgIpc) is 2.25. The maximum atomic E-state index is 11.5. The minimum Gasteiger partial charge on any atom is -0.361 e. The summed E-state index contributed by atoms with van der Waals surface area (Å²) in [4.78, 5) is 32.7. The van der Waals surface area contributed by atoms with Crippen LogP contribution in [-0.4, -0.2) is 17.7 Å². The van der Waals surface area contributed by atoms with Crippen LogP contribution in [0.4, 0.5) is 0 Å². The molecule has 0 bridgehead atoms. The second-order valence-electron chi connectivity index (χ2n) is 3.09. The van der Waals surface area contributed by atoms with E-state index in [1.54, 1.807) is 31.2 Å². The molecule has 1 aromatic carbocycles. The highest BCUT2D eigenvalue weighted by atomic mass is 16.2. The van der Waals surface area contributed by atoms with Crippen molar-refractivity contribution in [2.24, 2.45) is 5.73 Å². The lowest BCUT2D eigenvalue weighted by Crippen LogP contribution is -2.47. The predicted molar refractivity (Wildman–Crippen MR) is 56.0 cm³/mol. The van der Waals surface area contributed by atoms with E-state index in [-0.39, 0.29) is 0 Å². The van der Waals surface area contributed by atoms with Crippen molar-refractivity contribution in [3.05, 3.63) is 35.4 Å². The number of hydrogen-bond acceptors (Lipinski definition) is 3. The average molecular weight is 221 g/mol. The number of rotatable bonds is 1. The quantitative estimate of drug-likeness (QED) is 0.429. The number of hydrogen-bond donors (Lipinski definition) is 3. The maximum absolute atomic E-state index is 11.5. The Balaban J connectivity index is 2.64. The zero-order valence-corrected chi connectivity index (χ0v) is 8.61. The first-order valence-corrected chi connectivity index (χ1v) is 4.48. The minimum absolute atomic E-state index is 0.410. The fourth-order valence-electron chi connectivity index (χ4n) is 1.07. The summed E-state index contributed by atoms with van der Waals surface area (Å²) in [7, 11) is 0. The third-order valence-electron chi connectivity index (χ3n) is 1.90. The molecule has 6 heteroatoms. The molecular weight excluding hydrogens is 210 g/mol. The molecule has 0 aliphatic rings. The highest BCUT2D eigenvalue weighted by Gasteiger charge is 2.11. The van der Waals surface area contributed by atoms with Crippen LogP contribution in [0.15, 0.2) is 24.3 Å². The van der Waals surface area contributed by atoms with Crippen molar-refractivity contribution < 1.29 is 14.4 Å². The Morgan fingerprint density at radius 3 is 2.31 bits per heavy atom. The van der Waals surface area contributed by atoms with Crippen LogP contribution in [0.3, 0.4) is 0 Å². The number of benzene rings is 1. The van der Waals surface area contributed by atoms with Crippen molar-refractivity contribution >= 4 is 17.7 Å². The number of nitrogens with two attached hydrogens (primary N) is 1. The van der Waals surface area contributed by atoms with Crippen LogP contribution in [-0.2, 0) is 9.59 Å².